The summed E-state index contributed by atoms with van der Waals surface area (Å²) in [5.74, 6) is -1.81. The minimum atomic E-state index is -4.02. The van der Waals surface area contributed by atoms with Crippen LogP contribution in [0.25, 0.3) is 43.5 Å². The molecule has 4 saturated carbocycles. The van der Waals surface area contributed by atoms with E-state index in [0.29, 0.717) is 63.8 Å². The van der Waals surface area contributed by atoms with Gasteiger partial charge in [-0.25, -0.2) is 14.8 Å². The first kappa shape index (κ1) is 40.3. The van der Waals surface area contributed by atoms with Crippen LogP contribution in [-0.4, -0.2) is 85.7 Å². The zero-order chi connectivity index (χ0) is 42.1. The molecular weight excluding hydrogens is 803 g/mol. The van der Waals surface area contributed by atoms with Crippen molar-refractivity contribution in [1.29, 1.82) is 0 Å². The molecule has 6 aromatic rings. The van der Waals surface area contributed by atoms with E-state index in [1.807, 2.05) is 60.1 Å². The standard InChI is InChI=1S/C44H47N7O7S2/c1-27-33(19-47-51(27)26-43-21-41(2)20-42(3,22-43)24-44(23-41,25-43)58-16-14-45-15-17-60(55,56)57)30-11-12-34(48-36(30)39(53)54)29-10-9-28-6-4-7-31(32(28)18-29)38(52)50-40-49-37-35(59-40)8-5-13-46-37/h4-13,18-19,45H,14-17,20-26H2,1-3H3,(H,53,54)(H,55,56,57)(H,46,49,50,52). The Morgan fingerprint density at radius 1 is 0.933 bits per heavy atom. The lowest BCUT2D eigenvalue weighted by Gasteiger charge is -2.69. The van der Waals surface area contributed by atoms with Crippen molar-refractivity contribution in [3.8, 4) is 22.4 Å². The van der Waals surface area contributed by atoms with Gasteiger partial charge in [0.15, 0.2) is 16.5 Å². The number of nitrogens with one attached hydrogen (secondary N) is 2. The second-order valence-electron chi connectivity index (χ2n) is 18.0. The van der Waals surface area contributed by atoms with Crippen LogP contribution in [0, 0.1) is 23.2 Å². The zero-order valence-corrected chi connectivity index (χ0v) is 35.3. The van der Waals surface area contributed by atoms with E-state index in [1.165, 1.54) is 11.3 Å². The summed E-state index contributed by atoms with van der Waals surface area (Å²) in [5, 5.41) is 23.4. The molecule has 2 aromatic carbocycles. The maximum atomic E-state index is 13.6. The molecule has 2 unspecified atom stereocenters. The van der Waals surface area contributed by atoms with E-state index in [-0.39, 0.29) is 45.7 Å². The van der Waals surface area contributed by atoms with E-state index in [2.05, 4.69) is 34.4 Å². The fraction of sp³-hybridized carbons (Fsp3) is 0.409. The molecule has 312 valence electrons. The average Bonchev–Trinajstić information content (AvgIpc) is 3.75. The highest BCUT2D eigenvalue weighted by molar-refractivity contribution is 7.85. The number of hydrogen-bond donors (Lipinski definition) is 4. The Hall–Kier alpha value is -5.13. The van der Waals surface area contributed by atoms with Gasteiger partial charge in [0.2, 0.25) is 0 Å². The van der Waals surface area contributed by atoms with Crippen molar-refractivity contribution >= 4 is 59.6 Å². The fourth-order valence-corrected chi connectivity index (χ4v) is 12.8. The number of fused-ring (bicyclic) bond motifs is 2. The molecule has 0 aliphatic heterocycles. The van der Waals surface area contributed by atoms with Gasteiger partial charge >= 0.3 is 5.97 Å². The quantitative estimate of drug-likeness (QED) is 0.0618. The van der Waals surface area contributed by atoms with Crippen LogP contribution in [0.3, 0.4) is 0 Å². The van der Waals surface area contributed by atoms with E-state index < -0.39 is 16.1 Å². The summed E-state index contributed by atoms with van der Waals surface area (Å²) < 4.78 is 40.9. The lowest BCUT2D eigenvalue weighted by Crippen LogP contribution is -2.64. The van der Waals surface area contributed by atoms with Crippen LogP contribution in [0.1, 0.15) is 78.9 Å². The number of thiazole rings is 1. The minimum absolute atomic E-state index is 0.0696. The summed E-state index contributed by atoms with van der Waals surface area (Å²) in [6.07, 6.45) is 9.47. The lowest BCUT2D eigenvalue weighted by atomic mass is 9.39. The van der Waals surface area contributed by atoms with Crippen molar-refractivity contribution in [2.24, 2.45) is 16.2 Å². The van der Waals surface area contributed by atoms with Crippen LogP contribution < -0.4 is 10.6 Å². The molecule has 0 spiro atoms. The summed E-state index contributed by atoms with van der Waals surface area (Å²) in [6.45, 7) is 8.50. The topological polar surface area (TPSA) is 199 Å². The van der Waals surface area contributed by atoms with Gasteiger partial charge in [0.05, 0.1) is 34.6 Å². The van der Waals surface area contributed by atoms with Crippen LogP contribution in [0.15, 0.2) is 73.1 Å². The highest BCUT2D eigenvalue weighted by Gasteiger charge is 2.66. The smallest absolute Gasteiger partial charge is 0.355 e. The Kier molecular flexibility index (Phi) is 9.94. The molecule has 0 radical (unpaired) electrons. The van der Waals surface area contributed by atoms with Crippen LogP contribution in [-0.2, 0) is 21.4 Å². The van der Waals surface area contributed by atoms with Crippen LogP contribution >= 0.6 is 11.3 Å². The SMILES string of the molecule is Cc1c(-c2ccc(-c3ccc4cccc(C(=O)Nc5nc6ncccc6s5)c4c3)nc2C(=O)O)cnn1CC12CC3(C)CC(C)(C1)CC(OCCNCCS(=O)(=O)O)(C3)C2. The number of ether oxygens (including phenoxy) is 1. The first-order valence-corrected chi connectivity index (χ1v) is 22.6. The molecule has 4 aliphatic rings. The van der Waals surface area contributed by atoms with Gasteiger partial charge in [0, 0.05) is 53.8 Å². The molecule has 4 N–H and O–H groups in total. The van der Waals surface area contributed by atoms with E-state index in [1.54, 1.807) is 24.5 Å². The monoisotopic (exact) mass is 849 g/mol. The summed E-state index contributed by atoms with van der Waals surface area (Å²) in [4.78, 5) is 39.9. The van der Waals surface area contributed by atoms with Gasteiger partial charge in [0.25, 0.3) is 16.0 Å². The minimum Gasteiger partial charge on any atom is -0.476 e. The Labute approximate surface area is 351 Å². The molecule has 16 heteroatoms. The third-order valence-corrected chi connectivity index (χ3v) is 14.3. The molecule has 4 bridgehead atoms. The van der Waals surface area contributed by atoms with Gasteiger partial charge in [-0.3, -0.25) is 19.3 Å². The molecule has 4 aliphatic carbocycles. The average molecular weight is 850 g/mol. The van der Waals surface area contributed by atoms with E-state index in [9.17, 15) is 23.1 Å². The predicted octanol–water partition coefficient (Wildman–Crippen LogP) is 7.64. The number of anilines is 1. The molecule has 10 rings (SSSR count). The Balaban J connectivity index is 0.959. The van der Waals surface area contributed by atoms with Gasteiger partial charge in [-0.05, 0) is 109 Å². The summed E-state index contributed by atoms with van der Waals surface area (Å²) >= 11 is 1.35. The van der Waals surface area contributed by atoms with Crippen LogP contribution in [0.5, 0.6) is 0 Å². The Morgan fingerprint density at radius 3 is 2.48 bits per heavy atom. The highest BCUT2D eigenvalue weighted by atomic mass is 32.2. The van der Waals surface area contributed by atoms with Crippen LogP contribution in [0.4, 0.5) is 5.13 Å². The maximum Gasteiger partial charge on any atom is 0.355 e. The molecule has 4 fully saturated rings. The van der Waals surface area contributed by atoms with Crippen molar-refractivity contribution in [3.63, 3.8) is 0 Å². The second kappa shape index (κ2) is 14.8. The van der Waals surface area contributed by atoms with E-state index in [0.717, 1.165) is 54.3 Å². The first-order valence-electron chi connectivity index (χ1n) is 20.2. The number of nitrogens with zero attached hydrogens (tertiary/aromatic N) is 5. The number of hydrogen-bond acceptors (Lipinski definition) is 11. The zero-order valence-electron chi connectivity index (χ0n) is 33.7. The van der Waals surface area contributed by atoms with Gasteiger partial charge in [-0.2, -0.15) is 18.5 Å². The summed E-state index contributed by atoms with van der Waals surface area (Å²) in [7, 11) is -4.02. The molecular formula is C44H47N7O7S2. The normalized spacial score (nSPS) is 24.7. The lowest BCUT2D eigenvalue weighted by molar-refractivity contribution is -0.247. The van der Waals surface area contributed by atoms with Crippen molar-refractivity contribution < 1.29 is 32.4 Å². The molecule has 1 amide bonds. The van der Waals surface area contributed by atoms with E-state index in [4.69, 9.17) is 19.4 Å². The maximum absolute atomic E-state index is 13.6. The molecule has 60 heavy (non-hydrogen) atoms. The number of aromatic nitrogens is 5. The van der Waals surface area contributed by atoms with Gasteiger partial charge in [-0.1, -0.05) is 49.4 Å². The number of amides is 1. The van der Waals surface area contributed by atoms with Crippen LogP contribution in [0.2, 0.25) is 0 Å². The Bertz CT molecular complexity index is 2750. The number of carboxylic acids is 1. The van der Waals surface area contributed by atoms with Crippen molar-refractivity contribution in [2.75, 3.05) is 30.8 Å². The molecule has 14 nitrogen and oxygen atoms in total. The largest absolute Gasteiger partial charge is 0.476 e. The number of carbonyl (C=O) groups excluding carboxylic acids is 1. The number of aromatic carboxylic acids is 1. The number of benzene rings is 2. The molecule has 4 heterocycles. The van der Waals surface area contributed by atoms with Gasteiger partial charge in [-0.15, -0.1) is 0 Å². The van der Waals surface area contributed by atoms with Crippen molar-refractivity contribution in [3.05, 3.63) is 90.0 Å². The fourth-order valence-electron chi connectivity index (χ4n) is 11.6. The number of carbonyl (C=O) groups is 2. The third kappa shape index (κ3) is 7.82. The Morgan fingerprint density at radius 2 is 1.73 bits per heavy atom. The third-order valence-electron chi connectivity index (χ3n) is 12.7. The second-order valence-corrected chi connectivity index (χ2v) is 20.6. The predicted molar refractivity (Wildman–Crippen MR) is 230 cm³/mol. The van der Waals surface area contributed by atoms with Crippen molar-refractivity contribution in [2.45, 2.75) is 71.4 Å². The highest BCUT2D eigenvalue weighted by Crippen LogP contribution is 2.72. The molecule has 0 saturated heterocycles. The van der Waals surface area contributed by atoms with E-state index >= 15 is 0 Å². The number of carboxylic acid groups (broad SMARTS) is 1. The van der Waals surface area contributed by atoms with Gasteiger partial charge < -0.3 is 15.2 Å². The number of rotatable bonds is 14. The molecule has 4 aromatic heterocycles. The van der Waals surface area contributed by atoms with Crippen molar-refractivity contribution in [1.82, 2.24) is 30.0 Å². The summed E-state index contributed by atoms with van der Waals surface area (Å²) in [6, 6.07) is 18.5. The van der Waals surface area contributed by atoms with Gasteiger partial charge in [0.1, 0.15) is 0 Å². The summed E-state index contributed by atoms with van der Waals surface area (Å²) in [5.41, 5.74) is 3.94. The molecule has 2 atom stereocenters. The first-order chi connectivity index (χ1) is 28.5. The number of pyridine rings is 2.